The van der Waals surface area contributed by atoms with E-state index in [1.54, 1.807) is 13.3 Å². The summed E-state index contributed by atoms with van der Waals surface area (Å²) in [6.07, 6.45) is 5.30. The van der Waals surface area contributed by atoms with Crippen molar-refractivity contribution < 1.29 is 9.53 Å². The number of fused-ring (bicyclic) bond motifs is 1. The van der Waals surface area contributed by atoms with E-state index in [9.17, 15) is 4.79 Å². The van der Waals surface area contributed by atoms with E-state index in [1.807, 2.05) is 37.9 Å². The number of aldehydes is 1. The number of benzene rings is 1. The van der Waals surface area contributed by atoms with Crippen LogP contribution in [0.15, 0.2) is 30.6 Å². The number of thioether (sulfide) groups is 1. The highest BCUT2D eigenvalue weighted by Gasteiger charge is 2.21. The van der Waals surface area contributed by atoms with Crippen LogP contribution in [0.1, 0.15) is 19.4 Å². The number of anilines is 1. The first-order valence-electron chi connectivity index (χ1n) is 9.80. The Hall–Kier alpha value is -2.54. The molecule has 3 aromatic rings. The van der Waals surface area contributed by atoms with Gasteiger partial charge in [0.05, 0.1) is 19.0 Å². The molecule has 3 heterocycles. The van der Waals surface area contributed by atoms with Crippen LogP contribution in [0.2, 0.25) is 0 Å². The largest absolute Gasteiger partial charge is 0.497 e. The number of aromatic nitrogens is 3. The summed E-state index contributed by atoms with van der Waals surface area (Å²) in [5.41, 5.74) is 5.04. The molecule has 29 heavy (non-hydrogen) atoms. The van der Waals surface area contributed by atoms with Crippen LogP contribution < -0.4 is 9.64 Å². The molecule has 1 aliphatic rings. The number of hydrogen-bond acceptors (Lipinski definition) is 6. The van der Waals surface area contributed by atoms with Gasteiger partial charge in [0, 0.05) is 53.5 Å². The molecule has 1 N–H and O–H groups in total. The van der Waals surface area contributed by atoms with Crippen molar-refractivity contribution in [3.63, 3.8) is 0 Å². The highest BCUT2D eigenvalue weighted by Crippen LogP contribution is 2.32. The molecule has 6 nitrogen and oxygen atoms in total. The predicted molar refractivity (Wildman–Crippen MR) is 119 cm³/mol. The van der Waals surface area contributed by atoms with Gasteiger partial charge in [-0.25, -0.2) is 9.97 Å². The fourth-order valence-electron chi connectivity index (χ4n) is 3.60. The lowest BCUT2D eigenvalue weighted by Gasteiger charge is -2.29. The monoisotopic (exact) mass is 410 g/mol. The van der Waals surface area contributed by atoms with Gasteiger partial charge < -0.3 is 19.4 Å². The minimum atomic E-state index is -0.442. The third-order valence-electron chi connectivity index (χ3n) is 5.22. The number of nitrogens with zero attached hydrogens (tertiary/aromatic N) is 3. The van der Waals surface area contributed by atoms with E-state index in [-0.39, 0.29) is 0 Å². The average Bonchev–Trinajstić information content (AvgIpc) is 3.15. The molecule has 1 aromatic carbocycles. The van der Waals surface area contributed by atoms with Gasteiger partial charge in [-0.3, -0.25) is 0 Å². The molecule has 1 fully saturated rings. The molecule has 0 bridgehead atoms. The summed E-state index contributed by atoms with van der Waals surface area (Å²) in [7, 11) is 1.69. The maximum atomic E-state index is 11.4. The quantitative estimate of drug-likeness (QED) is 0.621. The van der Waals surface area contributed by atoms with E-state index < -0.39 is 5.41 Å². The van der Waals surface area contributed by atoms with Gasteiger partial charge in [0.15, 0.2) is 5.65 Å². The number of hydrogen-bond donors (Lipinski definition) is 1. The van der Waals surface area contributed by atoms with Crippen LogP contribution in [0.5, 0.6) is 5.75 Å². The number of rotatable bonds is 6. The van der Waals surface area contributed by atoms with Gasteiger partial charge in [-0.05, 0) is 24.1 Å². The van der Waals surface area contributed by atoms with E-state index in [4.69, 9.17) is 9.72 Å². The molecule has 0 spiro atoms. The molecular formula is C22H26N4O2S. The lowest BCUT2D eigenvalue weighted by molar-refractivity contribution is -0.114. The fraction of sp³-hybridized carbons (Fsp3) is 0.409. The van der Waals surface area contributed by atoms with E-state index in [1.165, 1.54) is 0 Å². The maximum Gasteiger partial charge on any atom is 0.156 e. The molecule has 0 amide bonds. The predicted octanol–water partition coefficient (Wildman–Crippen LogP) is 3.95. The first-order chi connectivity index (χ1) is 14.0. The summed E-state index contributed by atoms with van der Waals surface area (Å²) in [4.78, 5) is 26.4. The Bertz CT molecular complexity index is 1020. The van der Waals surface area contributed by atoms with Gasteiger partial charge in [0.1, 0.15) is 17.6 Å². The van der Waals surface area contributed by atoms with Crippen molar-refractivity contribution in [1.82, 2.24) is 15.0 Å². The fourth-order valence-corrected chi connectivity index (χ4v) is 4.51. The number of carbonyl (C=O) groups is 1. The number of ether oxygens (including phenoxy) is 1. The summed E-state index contributed by atoms with van der Waals surface area (Å²) < 4.78 is 5.56. The normalized spacial score (nSPS) is 14.9. The van der Waals surface area contributed by atoms with E-state index in [0.717, 1.165) is 70.3 Å². The smallest absolute Gasteiger partial charge is 0.156 e. The van der Waals surface area contributed by atoms with Crippen molar-refractivity contribution in [2.75, 3.05) is 36.6 Å². The van der Waals surface area contributed by atoms with Crippen molar-refractivity contribution in [3.8, 4) is 17.0 Å². The third kappa shape index (κ3) is 4.24. The molecule has 7 heteroatoms. The van der Waals surface area contributed by atoms with E-state index >= 15 is 0 Å². The van der Waals surface area contributed by atoms with Gasteiger partial charge in [0.2, 0.25) is 0 Å². The van der Waals surface area contributed by atoms with Crippen LogP contribution in [-0.4, -0.2) is 52.9 Å². The minimum absolute atomic E-state index is 0.442. The molecule has 0 unspecified atom stereocenters. The number of methoxy groups -OCH3 is 1. The molecule has 4 rings (SSSR count). The van der Waals surface area contributed by atoms with Crippen molar-refractivity contribution in [1.29, 1.82) is 0 Å². The van der Waals surface area contributed by atoms with Gasteiger partial charge in [-0.15, -0.1) is 0 Å². The Morgan fingerprint density at radius 2 is 2.07 bits per heavy atom. The lowest BCUT2D eigenvalue weighted by atomic mass is 9.88. The zero-order chi connectivity index (χ0) is 20.4. The van der Waals surface area contributed by atoms with Crippen LogP contribution in [0.25, 0.3) is 22.4 Å². The maximum absolute atomic E-state index is 11.4. The Labute approximate surface area is 175 Å². The second-order valence-corrected chi connectivity index (χ2v) is 9.29. The highest BCUT2D eigenvalue weighted by atomic mass is 32.2. The minimum Gasteiger partial charge on any atom is -0.497 e. The van der Waals surface area contributed by atoms with Crippen molar-refractivity contribution in [3.05, 3.63) is 36.2 Å². The van der Waals surface area contributed by atoms with Gasteiger partial charge in [0.25, 0.3) is 0 Å². The molecule has 0 saturated carbocycles. The lowest BCUT2D eigenvalue weighted by Crippen LogP contribution is -2.32. The van der Waals surface area contributed by atoms with Gasteiger partial charge in [-0.2, -0.15) is 11.8 Å². The zero-order valence-corrected chi connectivity index (χ0v) is 17.9. The van der Waals surface area contributed by atoms with Crippen LogP contribution in [-0.2, 0) is 11.2 Å². The van der Waals surface area contributed by atoms with Gasteiger partial charge in [-0.1, -0.05) is 13.8 Å². The second kappa shape index (κ2) is 8.06. The topological polar surface area (TPSA) is 71.1 Å². The summed E-state index contributed by atoms with van der Waals surface area (Å²) in [5, 5.41) is 0. The first kappa shape index (κ1) is 19.8. The van der Waals surface area contributed by atoms with Crippen LogP contribution in [0, 0.1) is 5.41 Å². The number of H-pyrrole nitrogens is 1. The Morgan fingerprint density at radius 3 is 2.79 bits per heavy atom. The van der Waals surface area contributed by atoms with Crippen molar-refractivity contribution >= 4 is 34.9 Å². The number of nitrogens with one attached hydrogen (secondary N) is 1. The first-order valence-corrected chi connectivity index (χ1v) is 11.0. The van der Waals surface area contributed by atoms with Crippen molar-refractivity contribution in [2.45, 2.75) is 20.3 Å². The van der Waals surface area contributed by atoms with Crippen LogP contribution in [0.4, 0.5) is 5.69 Å². The third-order valence-corrected chi connectivity index (χ3v) is 6.17. The standard InChI is InChI=1S/C22H26N4O2S/c1-22(2,14-27)11-16-12-23-21-20(16)25-19(13-24-21)15-8-17(10-18(9-15)28-3)26-4-6-29-7-5-26/h8-10,12-14H,4-7,11H2,1-3H3,(H,23,24). The summed E-state index contributed by atoms with van der Waals surface area (Å²) >= 11 is 1.99. The summed E-state index contributed by atoms with van der Waals surface area (Å²) in [5.74, 6) is 3.09. The SMILES string of the molecule is COc1cc(-c2cnc3[nH]cc(CC(C)(C)C=O)c3n2)cc(N2CCSCC2)c1. The van der Waals surface area contributed by atoms with Crippen LogP contribution >= 0.6 is 11.8 Å². The molecule has 1 saturated heterocycles. The van der Waals surface area contributed by atoms with E-state index in [2.05, 4.69) is 27.0 Å². The molecule has 152 valence electrons. The van der Waals surface area contributed by atoms with Gasteiger partial charge >= 0.3 is 0 Å². The number of aromatic amines is 1. The molecule has 2 aromatic heterocycles. The van der Waals surface area contributed by atoms with E-state index in [0.29, 0.717) is 6.42 Å². The van der Waals surface area contributed by atoms with Crippen molar-refractivity contribution in [2.24, 2.45) is 5.41 Å². The highest BCUT2D eigenvalue weighted by molar-refractivity contribution is 7.99. The summed E-state index contributed by atoms with van der Waals surface area (Å²) in [6.45, 7) is 5.93. The molecule has 0 atom stereocenters. The Morgan fingerprint density at radius 1 is 1.28 bits per heavy atom. The average molecular weight is 411 g/mol. The van der Waals surface area contributed by atoms with Crippen LogP contribution in [0.3, 0.4) is 0 Å². The molecule has 0 radical (unpaired) electrons. The summed E-state index contributed by atoms with van der Waals surface area (Å²) in [6, 6.07) is 6.25. The number of carbonyl (C=O) groups excluding carboxylic acids is 1. The molecule has 1 aliphatic heterocycles. The Kier molecular flexibility index (Phi) is 5.50. The Balaban J connectivity index is 1.74. The molecular weight excluding hydrogens is 384 g/mol. The molecule has 0 aliphatic carbocycles. The second-order valence-electron chi connectivity index (χ2n) is 8.07. The zero-order valence-electron chi connectivity index (χ0n) is 17.1.